The average Bonchev–Trinajstić information content (AvgIpc) is 2.72. The van der Waals surface area contributed by atoms with Crippen molar-refractivity contribution < 1.29 is 4.79 Å². The number of nitrogens with one attached hydrogen (secondary N) is 3. The van der Waals surface area contributed by atoms with E-state index in [4.69, 9.17) is 0 Å². The number of hydrogen-bond donors (Lipinski definition) is 3. The molecule has 1 unspecified atom stereocenters. The van der Waals surface area contributed by atoms with E-state index >= 15 is 0 Å². The molecule has 5 nitrogen and oxygen atoms in total. The van der Waals surface area contributed by atoms with E-state index in [0.717, 1.165) is 43.1 Å². The SMILES string of the molecule is O=C(NCc1ccncc1)C(NCCC1CCNCC1)c1ccccc1. The lowest BCUT2D eigenvalue weighted by atomic mass is 9.94. The fraction of sp³-hybridized carbons (Fsp3) is 0.429. The second kappa shape index (κ2) is 10.0. The largest absolute Gasteiger partial charge is 0.350 e. The Hall–Kier alpha value is -2.24. The molecule has 1 fully saturated rings. The fourth-order valence-corrected chi connectivity index (χ4v) is 3.40. The third-order valence-electron chi connectivity index (χ3n) is 4.97. The van der Waals surface area contributed by atoms with Crippen molar-refractivity contribution in [2.24, 2.45) is 5.92 Å². The second-order valence-corrected chi connectivity index (χ2v) is 6.85. The molecule has 1 atom stereocenters. The van der Waals surface area contributed by atoms with Crippen molar-refractivity contribution in [3.63, 3.8) is 0 Å². The van der Waals surface area contributed by atoms with E-state index < -0.39 is 0 Å². The fourth-order valence-electron chi connectivity index (χ4n) is 3.40. The lowest BCUT2D eigenvalue weighted by Crippen LogP contribution is -2.38. The Balaban J connectivity index is 1.56. The molecular formula is C21H28N4O. The van der Waals surface area contributed by atoms with Crippen LogP contribution in [0.2, 0.25) is 0 Å². The van der Waals surface area contributed by atoms with Crippen molar-refractivity contribution in [2.45, 2.75) is 31.8 Å². The lowest BCUT2D eigenvalue weighted by molar-refractivity contribution is -0.123. The van der Waals surface area contributed by atoms with Gasteiger partial charge in [-0.1, -0.05) is 30.3 Å². The molecule has 1 aromatic heterocycles. The van der Waals surface area contributed by atoms with E-state index in [2.05, 4.69) is 20.9 Å². The van der Waals surface area contributed by atoms with Gasteiger partial charge in [-0.05, 0) is 68.1 Å². The highest BCUT2D eigenvalue weighted by Gasteiger charge is 2.20. The lowest BCUT2D eigenvalue weighted by Gasteiger charge is -2.24. The highest BCUT2D eigenvalue weighted by molar-refractivity contribution is 5.83. The minimum absolute atomic E-state index is 0.0123. The van der Waals surface area contributed by atoms with Gasteiger partial charge in [0.15, 0.2) is 0 Å². The van der Waals surface area contributed by atoms with E-state index in [9.17, 15) is 4.79 Å². The van der Waals surface area contributed by atoms with Crippen LogP contribution >= 0.6 is 0 Å². The van der Waals surface area contributed by atoms with Gasteiger partial charge in [-0.2, -0.15) is 0 Å². The van der Waals surface area contributed by atoms with E-state index in [-0.39, 0.29) is 11.9 Å². The molecule has 1 aromatic carbocycles. The number of aromatic nitrogens is 1. The number of amides is 1. The van der Waals surface area contributed by atoms with Gasteiger partial charge < -0.3 is 16.0 Å². The topological polar surface area (TPSA) is 66.0 Å². The first-order chi connectivity index (χ1) is 12.8. The van der Waals surface area contributed by atoms with E-state index in [1.807, 2.05) is 42.5 Å². The van der Waals surface area contributed by atoms with Gasteiger partial charge >= 0.3 is 0 Å². The summed E-state index contributed by atoms with van der Waals surface area (Å²) in [5.74, 6) is 0.762. The summed E-state index contributed by atoms with van der Waals surface area (Å²) < 4.78 is 0. The third-order valence-corrected chi connectivity index (χ3v) is 4.97. The van der Waals surface area contributed by atoms with Crippen LogP contribution in [0.15, 0.2) is 54.9 Å². The maximum atomic E-state index is 12.8. The molecule has 1 amide bonds. The number of hydrogen-bond acceptors (Lipinski definition) is 4. The number of rotatable bonds is 8. The summed E-state index contributed by atoms with van der Waals surface area (Å²) in [5.41, 5.74) is 2.06. The summed E-state index contributed by atoms with van der Waals surface area (Å²) in [6, 6.07) is 13.5. The highest BCUT2D eigenvalue weighted by Crippen LogP contribution is 2.17. The summed E-state index contributed by atoms with van der Waals surface area (Å²) in [5, 5.41) is 9.92. The van der Waals surface area contributed by atoms with E-state index in [0.29, 0.717) is 6.54 Å². The van der Waals surface area contributed by atoms with Gasteiger partial charge in [0.1, 0.15) is 6.04 Å². The first-order valence-electron chi connectivity index (χ1n) is 9.48. The first-order valence-corrected chi connectivity index (χ1v) is 9.48. The molecule has 138 valence electrons. The molecule has 5 heteroatoms. The molecule has 0 bridgehead atoms. The van der Waals surface area contributed by atoms with Crippen molar-refractivity contribution in [3.05, 3.63) is 66.0 Å². The predicted octanol–water partition coefficient (Wildman–Crippen LogP) is 2.42. The Kier molecular flexibility index (Phi) is 7.16. The predicted molar refractivity (Wildman–Crippen MR) is 103 cm³/mol. The van der Waals surface area contributed by atoms with Crippen molar-refractivity contribution >= 4 is 5.91 Å². The molecule has 2 heterocycles. The number of carbonyl (C=O) groups excluding carboxylic acids is 1. The van der Waals surface area contributed by atoms with Gasteiger partial charge in [-0.15, -0.1) is 0 Å². The molecule has 2 aromatic rings. The van der Waals surface area contributed by atoms with Gasteiger partial charge in [-0.3, -0.25) is 9.78 Å². The van der Waals surface area contributed by atoms with Crippen LogP contribution in [-0.4, -0.2) is 30.5 Å². The van der Waals surface area contributed by atoms with Gasteiger partial charge in [-0.25, -0.2) is 0 Å². The van der Waals surface area contributed by atoms with Crippen LogP contribution in [0.3, 0.4) is 0 Å². The van der Waals surface area contributed by atoms with Crippen molar-refractivity contribution in [1.82, 2.24) is 20.9 Å². The maximum absolute atomic E-state index is 12.8. The number of piperidine rings is 1. The van der Waals surface area contributed by atoms with Crippen LogP contribution in [0.5, 0.6) is 0 Å². The summed E-state index contributed by atoms with van der Waals surface area (Å²) in [4.78, 5) is 16.8. The maximum Gasteiger partial charge on any atom is 0.242 e. The molecule has 0 saturated carbocycles. The molecule has 3 N–H and O–H groups in total. The van der Waals surface area contributed by atoms with Gasteiger partial charge in [0.2, 0.25) is 5.91 Å². The average molecular weight is 352 g/mol. The minimum Gasteiger partial charge on any atom is -0.350 e. The zero-order valence-electron chi connectivity index (χ0n) is 15.2. The van der Waals surface area contributed by atoms with Crippen LogP contribution in [0.1, 0.15) is 36.4 Å². The Labute approximate surface area is 155 Å². The number of nitrogens with zero attached hydrogens (tertiary/aromatic N) is 1. The third kappa shape index (κ3) is 5.64. The normalized spacial score (nSPS) is 16.2. The molecule has 3 rings (SSSR count). The Bertz CT molecular complexity index is 656. The van der Waals surface area contributed by atoms with Gasteiger partial charge in [0.05, 0.1) is 0 Å². The van der Waals surface area contributed by atoms with Crippen molar-refractivity contribution in [3.8, 4) is 0 Å². The van der Waals surface area contributed by atoms with Crippen LogP contribution < -0.4 is 16.0 Å². The minimum atomic E-state index is -0.320. The van der Waals surface area contributed by atoms with Gasteiger partial charge in [0.25, 0.3) is 0 Å². The Morgan fingerprint density at radius 1 is 1.12 bits per heavy atom. The molecular weight excluding hydrogens is 324 g/mol. The Morgan fingerprint density at radius 3 is 2.58 bits per heavy atom. The summed E-state index contributed by atoms with van der Waals surface area (Å²) in [6.07, 6.45) is 7.06. The van der Waals surface area contributed by atoms with Crippen LogP contribution in [0, 0.1) is 5.92 Å². The number of benzene rings is 1. The monoisotopic (exact) mass is 352 g/mol. The zero-order chi connectivity index (χ0) is 18.0. The summed E-state index contributed by atoms with van der Waals surface area (Å²) in [7, 11) is 0. The molecule has 1 aliphatic rings. The van der Waals surface area contributed by atoms with E-state index in [1.54, 1.807) is 12.4 Å². The van der Waals surface area contributed by atoms with Gasteiger partial charge in [0, 0.05) is 18.9 Å². The summed E-state index contributed by atoms with van der Waals surface area (Å²) >= 11 is 0. The quantitative estimate of drug-likeness (QED) is 0.683. The molecule has 0 radical (unpaired) electrons. The molecule has 1 aliphatic heterocycles. The zero-order valence-corrected chi connectivity index (χ0v) is 15.2. The smallest absolute Gasteiger partial charge is 0.242 e. The summed E-state index contributed by atoms with van der Waals surface area (Å²) in [6.45, 7) is 3.59. The van der Waals surface area contributed by atoms with Crippen molar-refractivity contribution in [2.75, 3.05) is 19.6 Å². The molecule has 1 saturated heterocycles. The van der Waals surface area contributed by atoms with Crippen LogP contribution in [0.4, 0.5) is 0 Å². The standard InChI is InChI=1S/C21H28N4O/c26-21(25-16-18-8-13-23-14-9-18)20(19-4-2-1-3-5-19)24-15-10-17-6-11-22-12-7-17/h1-5,8-9,13-14,17,20,22,24H,6-7,10-12,15-16H2,(H,25,26). The molecule has 26 heavy (non-hydrogen) atoms. The highest BCUT2D eigenvalue weighted by atomic mass is 16.2. The second-order valence-electron chi connectivity index (χ2n) is 6.85. The Morgan fingerprint density at radius 2 is 1.85 bits per heavy atom. The first kappa shape index (κ1) is 18.5. The van der Waals surface area contributed by atoms with Crippen molar-refractivity contribution in [1.29, 1.82) is 0 Å². The molecule has 0 spiro atoms. The van der Waals surface area contributed by atoms with Crippen LogP contribution in [-0.2, 0) is 11.3 Å². The number of carbonyl (C=O) groups is 1. The molecule has 0 aliphatic carbocycles. The number of pyridine rings is 1. The van der Waals surface area contributed by atoms with Crippen LogP contribution in [0.25, 0.3) is 0 Å². The van der Waals surface area contributed by atoms with E-state index in [1.165, 1.54) is 12.8 Å².